The van der Waals surface area contributed by atoms with Gasteiger partial charge in [-0.15, -0.1) is 0 Å². The Morgan fingerprint density at radius 2 is 1.60 bits per heavy atom. The van der Waals surface area contributed by atoms with Crippen molar-refractivity contribution in [2.75, 3.05) is 12.9 Å². The zero-order valence-electron chi connectivity index (χ0n) is 30.3. The topological polar surface area (TPSA) is 97.3 Å². The van der Waals surface area contributed by atoms with Gasteiger partial charge in [-0.25, -0.2) is 0 Å². The Balaban J connectivity index is 1.24. The van der Waals surface area contributed by atoms with E-state index in [1.165, 1.54) is 18.1 Å². The number of benzene rings is 5. The number of carbonyl (C=O) groups excluding carboxylic acids is 3. The highest BCUT2D eigenvalue weighted by Gasteiger charge is 2.35. The van der Waals surface area contributed by atoms with Gasteiger partial charge in [0.05, 0.1) is 23.4 Å². The highest BCUT2D eigenvalue weighted by Crippen LogP contribution is 2.38. The first kappa shape index (κ1) is 38.7. The Kier molecular flexibility index (Phi) is 12.9. The van der Waals surface area contributed by atoms with Gasteiger partial charge in [-0.1, -0.05) is 134 Å². The van der Waals surface area contributed by atoms with E-state index in [0.29, 0.717) is 33.8 Å². The molecule has 8 nitrogen and oxygen atoms in total. The summed E-state index contributed by atoms with van der Waals surface area (Å²) in [6.07, 6.45) is 8.16. The minimum Gasteiger partial charge on any atom is -0.493 e. The number of thioether (sulfide) groups is 1. The number of halogens is 1. The number of hydrogen-bond donors (Lipinski definition) is 1. The molecule has 0 unspecified atom stereocenters. The molecule has 1 heterocycles. The lowest BCUT2D eigenvalue weighted by Gasteiger charge is -2.28. The van der Waals surface area contributed by atoms with Gasteiger partial charge in [0, 0.05) is 5.70 Å². The van der Waals surface area contributed by atoms with Crippen LogP contribution in [0.1, 0.15) is 35.2 Å². The number of amidine groups is 1. The van der Waals surface area contributed by atoms with Gasteiger partial charge in [0.25, 0.3) is 11.8 Å². The number of carbonyl (C=O) groups is 3. The zero-order chi connectivity index (χ0) is 38.7. The number of nitrogens with one attached hydrogen (secondary N) is 1. The quantitative estimate of drug-likeness (QED) is 0.0723. The van der Waals surface area contributed by atoms with Gasteiger partial charge in [0.1, 0.15) is 12.2 Å². The van der Waals surface area contributed by atoms with Crippen LogP contribution in [0.3, 0.4) is 0 Å². The SMILES string of the molecule is C=C/C=C\C(=C/C)N1C(=O)/C(=C/c2cc(Br)c(OCc3ccc4ccccc4c3)c(OC)c2)C(=O)N=C1SCC(=O)NC(c1ccccc1)c1ccccc1. The molecule has 1 aliphatic rings. The van der Waals surface area contributed by atoms with Gasteiger partial charge in [0.15, 0.2) is 16.7 Å². The molecular weight excluding hydrogens is 774 g/mol. The minimum atomic E-state index is -0.731. The molecule has 0 spiro atoms. The second kappa shape index (κ2) is 18.4. The van der Waals surface area contributed by atoms with Gasteiger partial charge >= 0.3 is 0 Å². The summed E-state index contributed by atoms with van der Waals surface area (Å²) in [7, 11) is 1.52. The second-order valence-corrected chi connectivity index (χ2v) is 14.1. The first-order chi connectivity index (χ1) is 26.8. The van der Waals surface area contributed by atoms with Crippen LogP contribution in [-0.4, -0.2) is 40.7 Å². The van der Waals surface area contributed by atoms with Gasteiger partial charge in [-0.3, -0.25) is 19.3 Å². The molecule has 0 radical (unpaired) electrons. The first-order valence-corrected chi connectivity index (χ1v) is 19.2. The number of rotatable bonds is 13. The van der Waals surface area contributed by atoms with Crippen molar-refractivity contribution >= 4 is 67.4 Å². The van der Waals surface area contributed by atoms with Crippen LogP contribution in [0.4, 0.5) is 0 Å². The molecule has 6 rings (SSSR count). The summed E-state index contributed by atoms with van der Waals surface area (Å²) in [6, 6.07) is 36.6. The standard InChI is InChI=1S/C45H38BrN3O5S/c1-4-6-21-36(5-2)49-44(52)37(25-31-26-38(46)42(39(27-31)53-3)54-28-30-22-23-32-15-13-14-20-35(32)24-30)43(51)48-45(49)55-29-40(50)47-41(33-16-9-7-10-17-33)34-18-11-8-12-19-34/h4-27,41H,1,28-29H2,2-3H3,(H,47,50)/b21-6-,36-5+,37-25+. The van der Waals surface area contributed by atoms with Crippen molar-refractivity contribution in [2.45, 2.75) is 19.6 Å². The molecule has 3 amide bonds. The van der Waals surface area contributed by atoms with Crippen molar-refractivity contribution in [1.29, 1.82) is 0 Å². The molecule has 10 heteroatoms. The summed E-state index contributed by atoms with van der Waals surface area (Å²) in [5.41, 5.74) is 3.63. The average Bonchev–Trinajstić information content (AvgIpc) is 3.21. The summed E-state index contributed by atoms with van der Waals surface area (Å²) in [5, 5.41) is 5.44. The van der Waals surface area contributed by atoms with E-state index in [1.807, 2.05) is 78.9 Å². The first-order valence-electron chi connectivity index (χ1n) is 17.4. The van der Waals surface area contributed by atoms with Crippen LogP contribution >= 0.6 is 27.7 Å². The lowest BCUT2D eigenvalue weighted by Crippen LogP contribution is -2.42. The number of aliphatic imine (C=N–C) groups is 1. The maximum absolute atomic E-state index is 14.2. The highest BCUT2D eigenvalue weighted by molar-refractivity contribution is 9.10. The predicted octanol–water partition coefficient (Wildman–Crippen LogP) is 9.58. The van der Waals surface area contributed by atoms with Crippen LogP contribution in [0, 0.1) is 0 Å². The van der Waals surface area contributed by atoms with E-state index < -0.39 is 17.9 Å². The maximum atomic E-state index is 14.2. The van der Waals surface area contributed by atoms with E-state index in [4.69, 9.17) is 9.47 Å². The van der Waals surface area contributed by atoms with E-state index in [2.05, 4.69) is 57.1 Å². The van der Waals surface area contributed by atoms with Crippen LogP contribution in [0.25, 0.3) is 16.8 Å². The summed E-state index contributed by atoms with van der Waals surface area (Å²) in [4.78, 5) is 47.0. The van der Waals surface area contributed by atoms with Crippen LogP contribution in [0.2, 0.25) is 0 Å². The number of nitrogens with zero attached hydrogens (tertiary/aromatic N) is 2. The molecule has 0 atom stereocenters. The Morgan fingerprint density at radius 3 is 2.25 bits per heavy atom. The number of hydrogen-bond acceptors (Lipinski definition) is 6. The lowest BCUT2D eigenvalue weighted by molar-refractivity contribution is -0.126. The van der Waals surface area contributed by atoms with Crippen LogP contribution in [0.15, 0.2) is 167 Å². The molecule has 276 valence electrons. The van der Waals surface area contributed by atoms with Gasteiger partial charge in [0.2, 0.25) is 5.91 Å². The molecule has 1 aliphatic heterocycles. The molecule has 0 aliphatic carbocycles. The maximum Gasteiger partial charge on any atom is 0.285 e. The molecular formula is C45H38BrN3O5S. The lowest BCUT2D eigenvalue weighted by atomic mass is 9.99. The van der Waals surface area contributed by atoms with E-state index in [-0.39, 0.29) is 22.4 Å². The third-order valence-electron chi connectivity index (χ3n) is 8.67. The summed E-state index contributed by atoms with van der Waals surface area (Å²) < 4.78 is 12.5. The van der Waals surface area contributed by atoms with Gasteiger partial charge in [-0.2, -0.15) is 4.99 Å². The van der Waals surface area contributed by atoms with Crippen molar-refractivity contribution in [2.24, 2.45) is 4.99 Å². The van der Waals surface area contributed by atoms with Gasteiger partial charge in [-0.05, 0) is 86.2 Å². The van der Waals surface area contributed by atoms with Crippen LogP contribution in [0.5, 0.6) is 11.5 Å². The number of ether oxygens (including phenoxy) is 2. The summed E-state index contributed by atoms with van der Waals surface area (Å²) >= 11 is 4.61. The van der Waals surface area contributed by atoms with E-state index in [1.54, 1.807) is 43.4 Å². The van der Waals surface area contributed by atoms with E-state index in [0.717, 1.165) is 39.2 Å². The molecule has 0 saturated heterocycles. The third kappa shape index (κ3) is 9.40. The highest BCUT2D eigenvalue weighted by atomic mass is 79.9. The largest absolute Gasteiger partial charge is 0.493 e. The van der Waals surface area contributed by atoms with Crippen molar-refractivity contribution in [3.63, 3.8) is 0 Å². The normalized spacial score (nSPS) is 14.1. The molecule has 0 fully saturated rings. The molecule has 5 aromatic carbocycles. The van der Waals surface area contributed by atoms with Crippen molar-refractivity contribution in [1.82, 2.24) is 10.2 Å². The molecule has 0 saturated carbocycles. The smallest absolute Gasteiger partial charge is 0.285 e. The fourth-order valence-corrected chi connectivity index (χ4v) is 7.39. The number of allylic oxidation sites excluding steroid dienone is 4. The third-order valence-corrected chi connectivity index (χ3v) is 10.2. The van der Waals surface area contributed by atoms with Crippen molar-refractivity contribution in [3.8, 4) is 11.5 Å². The average molecular weight is 813 g/mol. The Bertz CT molecular complexity index is 2320. The van der Waals surface area contributed by atoms with Crippen molar-refractivity contribution in [3.05, 3.63) is 184 Å². The summed E-state index contributed by atoms with van der Waals surface area (Å²) in [6.45, 7) is 5.81. The van der Waals surface area contributed by atoms with E-state index >= 15 is 0 Å². The predicted molar refractivity (Wildman–Crippen MR) is 225 cm³/mol. The minimum absolute atomic E-state index is 0.0799. The van der Waals surface area contributed by atoms with Crippen LogP contribution in [-0.2, 0) is 21.0 Å². The molecule has 0 aromatic heterocycles. The monoisotopic (exact) mass is 811 g/mol. The fraction of sp³-hybridized carbons (Fsp3) is 0.111. The van der Waals surface area contributed by atoms with E-state index in [9.17, 15) is 14.4 Å². The molecule has 1 N–H and O–H groups in total. The Morgan fingerprint density at radius 1 is 0.927 bits per heavy atom. The number of fused-ring (bicyclic) bond motifs is 1. The van der Waals surface area contributed by atoms with Gasteiger partial charge < -0.3 is 14.8 Å². The zero-order valence-corrected chi connectivity index (χ0v) is 32.7. The number of methoxy groups -OCH3 is 1. The number of amides is 3. The second-order valence-electron chi connectivity index (χ2n) is 12.3. The summed E-state index contributed by atoms with van der Waals surface area (Å²) in [5.74, 6) is -0.836. The van der Waals surface area contributed by atoms with Crippen molar-refractivity contribution < 1.29 is 23.9 Å². The molecule has 55 heavy (non-hydrogen) atoms. The Hall–Kier alpha value is -5.97. The molecule has 5 aromatic rings. The Labute approximate surface area is 333 Å². The fourth-order valence-electron chi connectivity index (χ4n) is 6.01. The molecule has 0 bridgehead atoms. The van der Waals surface area contributed by atoms with Crippen LogP contribution < -0.4 is 14.8 Å².